The second-order valence-electron chi connectivity index (χ2n) is 3.73. The molecule has 18 heavy (non-hydrogen) atoms. The molecule has 0 atom stereocenters. The molecule has 0 bridgehead atoms. The molecule has 1 heterocycles. The zero-order valence-electron chi connectivity index (χ0n) is 9.64. The van der Waals surface area contributed by atoms with Crippen LogP contribution in [-0.4, -0.2) is 17.3 Å². The predicted octanol–water partition coefficient (Wildman–Crippen LogP) is 3.43. The van der Waals surface area contributed by atoms with Crippen LogP contribution in [0, 0.1) is 5.82 Å². The molecule has 2 rings (SSSR count). The van der Waals surface area contributed by atoms with Gasteiger partial charge in [0.2, 0.25) is 5.76 Å². The van der Waals surface area contributed by atoms with E-state index >= 15 is 0 Å². The van der Waals surface area contributed by atoms with Crippen LogP contribution in [0.15, 0.2) is 39.8 Å². The van der Waals surface area contributed by atoms with Gasteiger partial charge in [0.1, 0.15) is 5.82 Å². The minimum absolute atomic E-state index is 0.0522. The summed E-state index contributed by atoms with van der Waals surface area (Å²) in [5.74, 6) is -1.45. The van der Waals surface area contributed by atoms with E-state index < -0.39 is 5.97 Å². The molecular weight excluding hydrogens is 255 g/mol. The fourth-order valence-corrected chi connectivity index (χ4v) is 2.07. The fourth-order valence-electron chi connectivity index (χ4n) is 1.64. The summed E-state index contributed by atoms with van der Waals surface area (Å²) in [6, 6.07) is 7.67. The average Bonchev–Trinajstić information content (AvgIpc) is 2.75. The first-order chi connectivity index (χ1) is 8.60. The summed E-state index contributed by atoms with van der Waals surface area (Å²) in [6.07, 6.45) is 2.22. The van der Waals surface area contributed by atoms with Gasteiger partial charge in [-0.3, -0.25) is 0 Å². The highest BCUT2D eigenvalue weighted by atomic mass is 32.2. The molecule has 0 saturated carbocycles. The van der Waals surface area contributed by atoms with Crippen LogP contribution in [0.3, 0.4) is 0 Å². The van der Waals surface area contributed by atoms with Gasteiger partial charge in [-0.15, -0.1) is 0 Å². The number of aromatic carboxylic acids is 1. The van der Waals surface area contributed by atoms with Crippen molar-refractivity contribution >= 4 is 17.7 Å². The molecule has 1 aromatic heterocycles. The molecule has 0 aliphatic carbocycles. The zero-order valence-corrected chi connectivity index (χ0v) is 10.5. The Bertz CT molecular complexity index is 560. The first-order valence-electron chi connectivity index (χ1n) is 5.24. The molecule has 5 heteroatoms. The van der Waals surface area contributed by atoms with Gasteiger partial charge in [0.25, 0.3) is 0 Å². The van der Waals surface area contributed by atoms with E-state index in [0.29, 0.717) is 17.1 Å². The second-order valence-corrected chi connectivity index (χ2v) is 4.54. The molecule has 94 valence electrons. The molecule has 0 aliphatic rings. The molecule has 1 N–H and O–H groups in total. The lowest BCUT2D eigenvalue weighted by atomic mass is 10.1. The van der Waals surface area contributed by atoms with Gasteiger partial charge in [-0.2, -0.15) is 0 Å². The molecule has 0 unspecified atom stereocenters. The Morgan fingerprint density at radius 3 is 2.61 bits per heavy atom. The standard InChI is InChI=1S/C13H11FO3S/c1-18-11-7-9(12(17-11)13(15)16)6-8-2-4-10(14)5-3-8/h2-5,7H,6H2,1H3,(H,15,16). The molecule has 0 saturated heterocycles. The molecule has 0 amide bonds. The van der Waals surface area contributed by atoms with Gasteiger partial charge in [0, 0.05) is 12.0 Å². The lowest BCUT2D eigenvalue weighted by molar-refractivity contribution is 0.0655. The summed E-state index contributed by atoms with van der Waals surface area (Å²) in [6.45, 7) is 0. The number of rotatable bonds is 4. The van der Waals surface area contributed by atoms with Crippen LogP contribution in [0.4, 0.5) is 4.39 Å². The van der Waals surface area contributed by atoms with Crippen molar-refractivity contribution in [2.24, 2.45) is 0 Å². The third-order valence-electron chi connectivity index (χ3n) is 2.49. The maximum Gasteiger partial charge on any atom is 0.372 e. The number of carboxylic acids is 1. The normalized spacial score (nSPS) is 10.6. The van der Waals surface area contributed by atoms with Crippen molar-refractivity contribution in [2.75, 3.05) is 6.26 Å². The van der Waals surface area contributed by atoms with Crippen molar-refractivity contribution < 1.29 is 18.7 Å². The first kappa shape index (κ1) is 12.7. The van der Waals surface area contributed by atoms with Crippen LogP contribution in [0.1, 0.15) is 21.7 Å². The Labute approximate surface area is 108 Å². The van der Waals surface area contributed by atoms with Gasteiger partial charge < -0.3 is 9.52 Å². The van der Waals surface area contributed by atoms with Crippen LogP contribution >= 0.6 is 11.8 Å². The Hall–Kier alpha value is -1.75. The average molecular weight is 266 g/mol. The Morgan fingerprint density at radius 1 is 1.39 bits per heavy atom. The van der Waals surface area contributed by atoms with Crippen LogP contribution in [0.2, 0.25) is 0 Å². The smallest absolute Gasteiger partial charge is 0.372 e. The number of benzene rings is 1. The van der Waals surface area contributed by atoms with E-state index in [-0.39, 0.29) is 11.6 Å². The lowest BCUT2D eigenvalue weighted by Crippen LogP contribution is -1.99. The van der Waals surface area contributed by atoms with Gasteiger partial charge >= 0.3 is 5.97 Å². The summed E-state index contributed by atoms with van der Waals surface area (Å²) in [5, 5.41) is 9.59. The highest BCUT2D eigenvalue weighted by Gasteiger charge is 2.17. The van der Waals surface area contributed by atoms with Gasteiger partial charge in [0.15, 0.2) is 5.09 Å². The number of carboxylic acid groups (broad SMARTS) is 1. The topological polar surface area (TPSA) is 50.4 Å². The quantitative estimate of drug-likeness (QED) is 0.861. The van der Waals surface area contributed by atoms with E-state index in [1.54, 1.807) is 18.2 Å². The van der Waals surface area contributed by atoms with Crippen molar-refractivity contribution in [3.63, 3.8) is 0 Å². The summed E-state index contributed by atoms with van der Waals surface area (Å²) in [4.78, 5) is 11.0. The van der Waals surface area contributed by atoms with Gasteiger partial charge in [-0.25, -0.2) is 9.18 Å². The molecule has 0 radical (unpaired) electrons. The highest BCUT2D eigenvalue weighted by Crippen LogP contribution is 2.25. The molecular formula is C13H11FO3S. The van der Waals surface area contributed by atoms with E-state index in [1.165, 1.54) is 23.9 Å². The van der Waals surface area contributed by atoms with Crippen molar-refractivity contribution in [3.8, 4) is 0 Å². The number of hydrogen-bond donors (Lipinski definition) is 1. The minimum atomic E-state index is -1.09. The first-order valence-corrected chi connectivity index (χ1v) is 6.47. The van der Waals surface area contributed by atoms with Crippen molar-refractivity contribution in [2.45, 2.75) is 11.5 Å². The third kappa shape index (κ3) is 2.73. The van der Waals surface area contributed by atoms with Crippen molar-refractivity contribution in [1.82, 2.24) is 0 Å². The Morgan fingerprint density at radius 2 is 2.06 bits per heavy atom. The lowest BCUT2D eigenvalue weighted by Gasteiger charge is -1.99. The van der Waals surface area contributed by atoms with E-state index in [2.05, 4.69) is 0 Å². The summed E-state index contributed by atoms with van der Waals surface area (Å²) in [5.41, 5.74) is 1.44. The number of thioether (sulfide) groups is 1. The Balaban J connectivity index is 2.30. The van der Waals surface area contributed by atoms with Crippen LogP contribution in [-0.2, 0) is 6.42 Å². The predicted molar refractivity (Wildman–Crippen MR) is 66.7 cm³/mol. The number of halogens is 1. The zero-order chi connectivity index (χ0) is 13.1. The van der Waals surface area contributed by atoms with E-state index in [0.717, 1.165) is 5.56 Å². The SMILES string of the molecule is CSc1cc(Cc2ccc(F)cc2)c(C(=O)O)o1. The summed E-state index contributed by atoms with van der Waals surface area (Å²) < 4.78 is 18.0. The van der Waals surface area contributed by atoms with Gasteiger partial charge in [-0.05, 0) is 30.0 Å². The summed E-state index contributed by atoms with van der Waals surface area (Å²) >= 11 is 1.34. The number of furan rings is 1. The number of hydrogen-bond acceptors (Lipinski definition) is 3. The van der Waals surface area contributed by atoms with E-state index in [9.17, 15) is 9.18 Å². The van der Waals surface area contributed by atoms with E-state index in [1.807, 2.05) is 6.26 Å². The van der Waals surface area contributed by atoms with E-state index in [4.69, 9.17) is 9.52 Å². The highest BCUT2D eigenvalue weighted by molar-refractivity contribution is 7.98. The molecule has 0 fully saturated rings. The molecule has 3 nitrogen and oxygen atoms in total. The fraction of sp³-hybridized carbons (Fsp3) is 0.154. The number of carbonyl (C=O) groups is 1. The van der Waals surface area contributed by atoms with Crippen LogP contribution in [0.25, 0.3) is 0 Å². The maximum absolute atomic E-state index is 12.8. The van der Waals surface area contributed by atoms with Crippen LogP contribution in [0.5, 0.6) is 0 Å². The summed E-state index contributed by atoms with van der Waals surface area (Å²) in [7, 11) is 0. The second kappa shape index (κ2) is 5.27. The molecule has 0 aliphatic heterocycles. The Kier molecular flexibility index (Phi) is 3.72. The van der Waals surface area contributed by atoms with Gasteiger partial charge in [-0.1, -0.05) is 23.9 Å². The third-order valence-corrected chi connectivity index (χ3v) is 3.09. The molecule has 0 spiro atoms. The minimum Gasteiger partial charge on any atom is -0.475 e. The molecule has 2 aromatic rings. The largest absolute Gasteiger partial charge is 0.475 e. The van der Waals surface area contributed by atoms with Gasteiger partial charge in [0.05, 0.1) is 0 Å². The van der Waals surface area contributed by atoms with Crippen molar-refractivity contribution in [3.05, 3.63) is 53.0 Å². The van der Waals surface area contributed by atoms with Crippen LogP contribution < -0.4 is 0 Å². The molecule has 1 aromatic carbocycles. The maximum atomic E-state index is 12.8. The monoisotopic (exact) mass is 266 g/mol. The van der Waals surface area contributed by atoms with Crippen molar-refractivity contribution in [1.29, 1.82) is 0 Å².